The molecule has 0 spiro atoms. The lowest BCUT2D eigenvalue weighted by molar-refractivity contribution is -0.116. The molecular formula is C25H24N4O5S. The van der Waals surface area contributed by atoms with Crippen LogP contribution in [0.5, 0.6) is 11.5 Å². The van der Waals surface area contributed by atoms with E-state index in [1.807, 2.05) is 13.0 Å². The van der Waals surface area contributed by atoms with Crippen molar-refractivity contribution in [2.24, 2.45) is 0 Å². The van der Waals surface area contributed by atoms with Crippen molar-refractivity contribution >= 4 is 44.7 Å². The molecule has 4 aromatic rings. The van der Waals surface area contributed by atoms with Crippen LogP contribution >= 0.6 is 11.3 Å². The molecule has 4 rings (SSSR count). The molecule has 2 N–H and O–H groups in total. The van der Waals surface area contributed by atoms with Crippen LogP contribution in [0.15, 0.2) is 59.7 Å². The fraction of sp³-hybridized carbons (Fsp3) is 0.200. The molecule has 0 saturated carbocycles. The maximum atomic E-state index is 13.2. The van der Waals surface area contributed by atoms with Gasteiger partial charge in [0.05, 0.1) is 41.7 Å². The first-order chi connectivity index (χ1) is 16.9. The number of thiophene rings is 1. The highest BCUT2D eigenvalue weighted by molar-refractivity contribution is 7.20. The topological polar surface area (TPSA) is 112 Å². The van der Waals surface area contributed by atoms with Gasteiger partial charge in [0.15, 0.2) is 0 Å². The number of anilines is 2. The van der Waals surface area contributed by atoms with Crippen molar-refractivity contribution in [3.8, 4) is 11.5 Å². The first-order valence-corrected chi connectivity index (χ1v) is 11.7. The molecule has 0 aliphatic heterocycles. The Kier molecular flexibility index (Phi) is 7.11. The molecule has 35 heavy (non-hydrogen) atoms. The van der Waals surface area contributed by atoms with Gasteiger partial charge in [0.1, 0.15) is 22.9 Å². The average molecular weight is 493 g/mol. The summed E-state index contributed by atoms with van der Waals surface area (Å²) in [6.07, 6.45) is 1.31. The van der Waals surface area contributed by atoms with Crippen molar-refractivity contribution in [1.82, 2.24) is 9.55 Å². The molecule has 180 valence electrons. The number of hydrogen-bond acceptors (Lipinski definition) is 7. The van der Waals surface area contributed by atoms with Crippen LogP contribution in [0.2, 0.25) is 0 Å². The molecule has 0 atom stereocenters. The van der Waals surface area contributed by atoms with E-state index < -0.39 is 11.5 Å². The Morgan fingerprint density at radius 2 is 1.69 bits per heavy atom. The molecule has 0 fully saturated rings. The number of rotatable bonds is 8. The number of nitrogens with one attached hydrogen (secondary N) is 2. The Bertz CT molecular complexity index is 1460. The zero-order valence-electron chi connectivity index (χ0n) is 19.5. The minimum Gasteiger partial charge on any atom is -0.495 e. The normalized spacial score (nSPS) is 10.7. The second-order valence-electron chi connectivity index (χ2n) is 7.55. The predicted octanol–water partition coefficient (Wildman–Crippen LogP) is 4.06. The maximum Gasteiger partial charge on any atom is 0.266 e. The molecular weight excluding hydrogens is 468 g/mol. The number of amides is 2. The van der Waals surface area contributed by atoms with Gasteiger partial charge < -0.3 is 20.1 Å². The van der Waals surface area contributed by atoms with E-state index in [9.17, 15) is 14.4 Å². The van der Waals surface area contributed by atoms with E-state index in [1.165, 1.54) is 18.0 Å². The molecule has 2 aromatic heterocycles. The smallest absolute Gasteiger partial charge is 0.266 e. The minimum absolute atomic E-state index is 0.238. The first kappa shape index (κ1) is 24.0. The van der Waals surface area contributed by atoms with Gasteiger partial charge in [0, 0.05) is 0 Å². The molecule has 9 nitrogen and oxygen atoms in total. The molecule has 0 radical (unpaired) electrons. The third-order valence-corrected chi connectivity index (χ3v) is 6.45. The Labute approximate surface area is 205 Å². The summed E-state index contributed by atoms with van der Waals surface area (Å²) >= 11 is 1.13. The largest absolute Gasteiger partial charge is 0.495 e. The molecule has 0 unspecified atom stereocenters. The monoisotopic (exact) mass is 492 g/mol. The summed E-state index contributed by atoms with van der Waals surface area (Å²) in [6, 6.07) is 14.1. The molecule has 0 aliphatic carbocycles. The Morgan fingerprint density at radius 3 is 2.37 bits per heavy atom. The number of fused-ring (bicyclic) bond motifs is 1. The summed E-state index contributed by atoms with van der Waals surface area (Å²) in [6.45, 7) is 3.79. The lowest BCUT2D eigenvalue weighted by Crippen LogP contribution is -2.28. The third kappa shape index (κ3) is 5.02. The van der Waals surface area contributed by atoms with E-state index in [0.717, 1.165) is 11.3 Å². The molecule has 0 saturated heterocycles. The van der Waals surface area contributed by atoms with Crippen molar-refractivity contribution < 1.29 is 19.1 Å². The third-order valence-electron chi connectivity index (χ3n) is 5.25. The average Bonchev–Trinajstić information content (AvgIpc) is 3.19. The highest BCUT2D eigenvalue weighted by Crippen LogP contribution is 2.30. The van der Waals surface area contributed by atoms with Crippen LogP contribution in [0.4, 0.5) is 11.4 Å². The number of aryl methyl sites for hydroxylation is 1. The van der Waals surface area contributed by atoms with E-state index >= 15 is 0 Å². The number of benzene rings is 2. The lowest BCUT2D eigenvalue weighted by atomic mass is 10.2. The Hall–Kier alpha value is -4.18. The number of methoxy groups -OCH3 is 1. The van der Waals surface area contributed by atoms with Crippen LogP contribution in [0.1, 0.15) is 22.2 Å². The molecule has 2 aromatic carbocycles. The molecule has 2 amide bonds. The Morgan fingerprint density at radius 1 is 1.03 bits per heavy atom. The SMILES string of the molecule is CCOc1ccccc1NC(=O)c1sc2ncn(CC(=O)Nc3ccccc3OC)c(=O)c2c1C. The zero-order chi connectivity index (χ0) is 24.9. The van der Waals surface area contributed by atoms with Gasteiger partial charge in [-0.3, -0.25) is 19.0 Å². The van der Waals surface area contributed by atoms with E-state index in [-0.39, 0.29) is 12.5 Å². The van der Waals surface area contributed by atoms with Crippen LogP contribution in [-0.2, 0) is 11.3 Å². The van der Waals surface area contributed by atoms with Gasteiger partial charge in [-0.15, -0.1) is 11.3 Å². The van der Waals surface area contributed by atoms with Crippen LogP contribution in [0, 0.1) is 6.92 Å². The number of ether oxygens (including phenoxy) is 2. The van der Waals surface area contributed by atoms with Gasteiger partial charge in [-0.2, -0.15) is 0 Å². The molecule has 0 bridgehead atoms. The second kappa shape index (κ2) is 10.4. The van der Waals surface area contributed by atoms with Gasteiger partial charge in [0.25, 0.3) is 11.5 Å². The highest BCUT2D eigenvalue weighted by atomic mass is 32.1. The zero-order valence-corrected chi connectivity index (χ0v) is 20.3. The predicted molar refractivity (Wildman–Crippen MR) is 136 cm³/mol. The van der Waals surface area contributed by atoms with Crippen molar-refractivity contribution in [1.29, 1.82) is 0 Å². The summed E-state index contributed by atoms with van der Waals surface area (Å²) in [5.74, 6) is 0.300. The summed E-state index contributed by atoms with van der Waals surface area (Å²) < 4.78 is 12.0. The van der Waals surface area contributed by atoms with E-state index in [1.54, 1.807) is 49.4 Å². The molecule has 2 heterocycles. The number of para-hydroxylation sites is 4. The van der Waals surface area contributed by atoms with Gasteiger partial charge in [-0.05, 0) is 43.7 Å². The standard InChI is InChI=1S/C25H24N4O5S/c1-4-34-19-12-8-6-10-17(19)28-23(31)22-15(2)21-24(35-22)26-14-29(25(21)32)13-20(30)27-16-9-5-7-11-18(16)33-3/h5-12,14H,4,13H2,1-3H3,(H,27,30)(H,28,31). The molecule has 0 aliphatic rings. The van der Waals surface area contributed by atoms with Gasteiger partial charge in [0.2, 0.25) is 5.91 Å². The van der Waals surface area contributed by atoms with Crippen LogP contribution in [0.3, 0.4) is 0 Å². The van der Waals surface area contributed by atoms with Crippen molar-refractivity contribution in [3.63, 3.8) is 0 Å². The number of carbonyl (C=O) groups excluding carboxylic acids is 2. The van der Waals surface area contributed by atoms with Crippen LogP contribution in [0.25, 0.3) is 10.2 Å². The van der Waals surface area contributed by atoms with E-state index in [4.69, 9.17) is 9.47 Å². The number of hydrogen-bond donors (Lipinski definition) is 2. The van der Waals surface area contributed by atoms with E-state index in [0.29, 0.717) is 50.1 Å². The maximum absolute atomic E-state index is 13.2. The van der Waals surface area contributed by atoms with Crippen molar-refractivity contribution in [2.75, 3.05) is 24.4 Å². The summed E-state index contributed by atoms with van der Waals surface area (Å²) in [5, 5.41) is 5.90. The fourth-order valence-corrected chi connectivity index (χ4v) is 4.65. The van der Waals surface area contributed by atoms with Crippen LogP contribution in [-0.4, -0.2) is 35.1 Å². The van der Waals surface area contributed by atoms with Gasteiger partial charge in [-0.25, -0.2) is 4.98 Å². The summed E-state index contributed by atoms with van der Waals surface area (Å²) in [7, 11) is 1.51. The van der Waals surface area contributed by atoms with E-state index in [2.05, 4.69) is 15.6 Å². The molecule has 10 heteroatoms. The lowest BCUT2D eigenvalue weighted by Gasteiger charge is -2.11. The summed E-state index contributed by atoms with van der Waals surface area (Å²) in [4.78, 5) is 43.9. The number of carbonyl (C=O) groups is 2. The quantitative estimate of drug-likeness (QED) is 0.384. The highest BCUT2D eigenvalue weighted by Gasteiger charge is 2.21. The fourth-order valence-electron chi connectivity index (χ4n) is 3.61. The minimum atomic E-state index is -0.406. The number of aromatic nitrogens is 2. The van der Waals surface area contributed by atoms with Crippen molar-refractivity contribution in [2.45, 2.75) is 20.4 Å². The second-order valence-corrected chi connectivity index (χ2v) is 8.54. The summed E-state index contributed by atoms with van der Waals surface area (Å²) in [5.41, 5.74) is 1.15. The van der Waals surface area contributed by atoms with Crippen LogP contribution < -0.4 is 25.7 Å². The Balaban J connectivity index is 1.58. The van der Waals surface area contributed by atoms with Crippen molar-refractivity contribution in [3.05, 3.63) is 75.7 Å². The number of nitrogens with zero attached hydrogens (tertiary/aromatic N) is 2. The van der Waals surface area contributed by atoms with Gasteiger partial charge >= 0.3 is 0 Å². The first-order valence-electron chi connectivity index (χ1n) is 10.9. The van der Waals surface area contributed by atoms with Gasteiger partial charge in [-0.1, -0.05) is 24.3 Å².